The van der Waals surface area contributed by atoms with Gasteiger partial charge in [-0.3, -0.25) is 0 Å². The van der Waals surface area contributed by atoms with E-state index < -0.39 is 6.09 Å². The van der Waals surface area contributed by atoms with E-state index in [9.17, 15) is 4.79 Å². The number of amides is 1. The number of nitrogens with two attached hydrogens (primary N) is 1. The van der Waals surface area contributed by atoms with Crippen LogP contribution in [0.25, 0.3) is 11.1 Å². The number of nitrogens with zero attached hydrogens (tertiary/aromatic N) is 1. The summed E-state index contributed by atoms with van der Waals surface area (Å²) < 4.78 is 10.9. The van der Waals surface area contributed by atoms with Crippen molar-refractivity contribution in [2.45, 2.75) is 12.5 Å². The Labute approximate surface area is 135 Å². The van der Waals surface area contributed by atoms with Gasteiger partial charge in [0.15, 0.2) is 0 Å². The zero-order valence-corrected chi connectivity index (χ0v) is 13.3. The van der Waals surface area contributed by atoms with Gasteiger partial charge in [-0.05, 0) is 29.3 Å². The molecule has 0 radical (unpaired) electrons. The smallest absolute Gasteiger partial charge is 0.405 e. The number of hydrogen-bond acceptors (Lipinski definition) is 4. The summed E-state index contributed by atoms with van der Waals surface area (Å²) in [6.45, 7) is 0.506. The van der Waals surface area contributed by atoms with E-state index in [1.54, 1.807) is 0 Å². The summed E-state index contributed by atoms with van der Waals surface area (Å²) in [5, 5.41) is 0. The maximum absolute atomic E-state index is 11.0. The van der Waals surface area contributed by atoms with E-state index in [-0.39, 0.29) is 6.10 Å². The maximum Gasteiger partial charge on any atom is 0.405 e. The number of primary amides is 1. The zero-order chi connectivity index (χ0) is 16.4. The first kappa shape index (κ1) is 15.2. The highest BCUT2D eigenvalue weighted by Gasteiger charge is 2.24. The van der Waals surface area contributed by atoms with Crippen LogP contribution in [0.15, 0.2) is 42.5 Å². The van der Waals surface area contributed by atoms with Crippen LogP contribution in [0.2, 0.25) is 0 Å². The Morgan fingerprint density at radius 1 is 1.22 bits per heavy atom. The Balaban J connectivity index is 1.94. The zero-order valence-electron chi connectivity index (χ0n) is 13.3. The second-order valence-corrected chi connectivity index (χ2v) is 5.76. The molecule has 2 N–H and O–H groups in total. The quantitative estimate of drug-likeness (QED) is 0.944. The lowest BCUT2D eigenvalue weighted by atomic mass is 9.97. The van der Waals surface area contributed by atoms with Crippen LogP contribution in [0.5, 0.6) is 5.75 Å². The molecule has 3 rings (SSSR count). The second kappa shape index (κ2) is 6.20. The molecule has 0 saturated heterocycles. The summed E-state index contributed by atoms with van der Waals surface area (Å²) in [5.41, 5.74) is 9.31. The fourth-order valence-electron chi connectivity index (χ4n) is 2.76. The highest BCUT2D eigenvalue weighted by atomic mass is 16.6. The summed E-state index contributed by atoms with van der Waals surface area (Å²) in [6.07, 6.45) is -0.477. The molecule has 0 fully saturated rings. The first-order valence-electron chi connectivity index (χ1n) is 7.55. The van der Waals surface area contributed by atoms with Crippen molar-refractivity contribution in [2.75, 3.05) is 25.6 Å². The van der Waals surface area contributed by atoms with Crippen LogP contribution >= 0.6 is 0 Å². The average Bonchev–Trinajstić information content (AvgIpc) is 2.54. The second-order valence-electron chi connectivity index (χ2n) is 5.76. The van der Waals surface area contributed by atoms with Crippen molar-refractivity contribution >= 4 is 11.8 Å². The summed E-state index contributed by atoms with van der Waals surface area (Å²) in [5.74, 6) is 0.746. The van der Waals surface area contributed by atoms with E-state index in [1.807, 2.05) is 38.4 Å². The molecule has 1 heterocycles. The SMILES string of the molecule is CN(C)c1cccc(-c2ccc3c(c2)OCCC3OC(N)=O)c1. The van der Waals surface area contributed by atoms with Crippen LogP contribution in [0, 0.1) is 0 Å². The Bertz CT molecular complexity index is 728. The van der Waals surface area contributed by atoms with Gasteiger partial charge in [-0.25, -0.2) is 4.79 Å². The molecule has 5 nitrogen and oxygen atoms in total. The lowest BCUT2D eigenvalue weighted by molar-refractivity contribution is 0.0766. The van der Waals surface area contributed by atoms with Crippen LogP contribution < -0.4 is 15.4 Å². The van der Waals surface area contributed by atoms with Gasteiger partial charge in [0.2, 0.25) is 0 Å². The van der Waals surface area contributed by atoms with Gasteiger partial charge in [-0.15, -0.1) is 0 Å². The minimum absolute atomic E-state index is 0.335. The number of anilines is 1. The molecule has 1 aliphatic rings. The molecule has 1 amide bonds. The lowest BCUT2D eigenvalue weighted by Gasteiger charge is -2.25. The van der Waals surface area contributed by atoms with E-state index in [4.69, 9.17) is 15.2 Å². The Hall–Kier alpha value is -2.69. The van der Waals surface area contributed by atoms with E-state index in [0.29, 0.717) is 13.0 Å². The predicted molar refractivity (Wildman–Crippen MR) is 89.7 cm³/mol. The van der Waals surface area contributed by atoms with Crippen molar-refractivity contribution in [2.24, 2.45) is 5.73 Å². The third-order valence-electron chi connectivity index (χ3n) is 3.95. The van der Waals surface area contributed by atoms with Gasteiger partial charge >= 0.3 is 6.09 Å². The van der Waals surface area contributed by atoms with Crippen molar-refractivity contribution in [1.82, 2.24) is 0 Å². The molecule has 2 aromatic carbocycles. The molecule has 0 spiro atoms. The molecule has 2 aromatic rings. The average molecular weight is 312 g/mol. The topological polar surface area (TPSA) is 64.8 Å². The molecule has 0 bridgehead atoms. The predicted octanol–water partition coefficient (Wildman–Crippen LogP) is 3.34. The van der Waals surface area contributed by atoms with Gasteiger partial charge in [0.25, 0.3) is 0 Å². The number of carbonyl (C=O) groups is 1. The van der Waals surface area contributed by atoms with Crippen molar-refractivity contribution in [3.8, 4) is 16.9 Å². The minimum Gasteiger partial charge on any atom is -0.493 e. The van der Waals surface area contributed by atoms with Gasteiger partial charge in [-0.1, -0.05) is 24.3 Å². The van der Waals surface area contributed by atoms with Crippen LogP contribution in [-0.4, -0.2) is 26.8 Å². The van der Waals surface area contributed by atoms with E-state index in [0.717, 1.165) is 28.1 Å². The van der Waals surface area contributed by atoms with Crippen molar-refractivity contribution in [3.63, 3.8) is 0 Å². The normalized spacial score (nSPS) is 16.2. The minimum atomic E-state index is -0.759. The van der Waals surface area contributed by atoms with Gasteiger partial charge in [-0.2, -0.15) is 0 Å². The standard InChI is InChI=1S/C18H20N2O3/c1-20(2)14-5-3-4-12(10-14)13-6-7-15-16(23-18(19)21)8-9-22-17(15)11-13/h3-7,10-11,16H,8-9H2,1-2H3,(H2,19,21). The van der Waals surface area contributed by atoms with Crippen LogP contribution in [0.4, 0.5) is 10.5 Å². The Morgan fingerprint density at radius 2 is 2.00 bits per heavy atom. The molecule has 23 heavy (non-hydrogen) atoms. The van der Waals surface area contributed by atoms with Gasteiger partial charge in [0.1, 0.15) is 11.9 Å². The summed E-state index contributed by atoms with van der Waals surface area (Å²) >= 11 is 0. The maximum atomic E-state index is 11.0. The molecule has 1 atom stereocenters. The van der Waals surface area contributed by atoms with Crippen molar-refractivity contribution in [3.05, 3.63) is 48.0 Å². The molecule has 1 aliphatic heterocycles. The fourth-order valence-corrected chi connectivity index (χ4v) is 2.76. The highest BCUT2D eigenvalue weighted by Crippen LogP contribution is 2.37. The summed E-state index contributed by atoms with van der Waals surface area (Å²) in [6, 6.07) is 14.2. The molecule has 0 aliphatic carbocycles. The first-order valence-corrected chi connectivity index (χ1v) is 7.55. The van der Waals surface area contributed by atoms with Gasteiger partial charge in [0, 0.05) is 31.8 Å². The lowest BCUT2D eigenvalue weighted by Crippen LogP contribution is -2.22. The van der Waals surface area contributed by atoms with Crippen LogP contribution in [-0.2, 0) is 4.74 Å². The van der Waals surface area contributed by atoms with Gasteiger partial charge < -0.3 is 20.1 Å². The van der Waals surface area contributed by atoms with Crippen LogP contribution in [0.1, 0.15) is 18.1 Å². The van der Waals surface area contributed by atoms with E-state index >= 15 is 0 Å². The monoisotopic (exact) mass is 312 g/mol. The summed E-state index contributed by atoms with van der Waals surface area (Å²) in [7, 11) is 4.03. The number of rotatable bonds is 3. The third-order valence-corrected chi connectivity index (χ3v) is 3.95. The van der Waals surface area contributed by atoms with Gasteiger partial charge in [0.05, 0.1) is 6.61 Å². The number of hydrogen-bond donors (Lipinski definition) is 1. The largest absolute Gasteiger partial charge is 0.493 e. The summed E-state index contributed by atoms with van der Waals surface area (Å²) in [4.78, 5) is 13.1. The molecule has 0 saturated carbocycles. The number of fused-ring (bicyclic) bond motifs is 1. The molecular formula is C18H20N2O3. The third kappa shape index (κ3) is 3.23. The molecule has 1 unspecified atom stereocenters. The van der Waals surface area contributed by atoms with E-state index in [1.165, 1.54) is 0 Å². The Morgan fingerprint density at radius 3 is 2.74 bits per heavy atom. The highest BCUT2D eigenvalue weighted by molar-refractivity contribution is 5.71. The van der Waals surface area contributed by atoms with Crippen LogP contribution in [0.3, 0.4) is 0 Å². The number of ether oxygens (including phenoxy) is 2. The Kier molecular flexibility index (Phi) is 4.10. The number of carbonyl (C=O) groups excluding carboxylic acids is 1. The molecule has 0 aromatic heterocycles. The van der Waals surface area contributed by atoms with Crippen molar-refractivity contribution in [1.29, 1.82) is 0 Å². The first-order chi connectivity index (χ1) is 11.0. The van der Waals surface area contributed by atoms with E-state index in [2.05, 4.69) is 23.1 Å². The number of benzene rings is 2. The molecular weight excluding hydrogens is 292 g/mol. The molecule has 5 heteroatoms. The molecule has 120 valence electrons. The van der Waals surface area contributed by atoms with Crippen molar-refractivity contribution < 1.29 is 14.3 Å². The fraction of sp³-hybridized carbons (Fsp3) is 0.278.